The first kappa shape index (κ1) is 25.7. The van der Waals surface area contributed by atoms with E-state index in [9.17, 15) is 19.6 Å². The third kappa shape index (κ3) is 4.73. The van der Waals surface area contributed by atoms with E-state index in [0.717, 1.165) is 18.2 Å². The molecular formula is C29H34N6O4. The van der Waals surface area contributed by atoms with Crippen LogP contribution < -0.4 is 10.6 Å². The van der Waals surface area contributed by atoms with Crippen molar-refractivity contribution in [3.63, 3.8) is 0 Å². The van der Waals surface area contributed by atoms with E-state index in [1.165, 1.54) is 0 Å². The maximum atomic E-state index is 14.0. The van der Waals surface area contributed by atoms with Crippen LogP contribution in [0.2, 0.25) is 0 Å². The summed E-state index contributed by atoms with van der Waals surface area (Å²) < 4.78 is 5.37. The molecule has 4 heterocycles. The number of nitriles is 1. The zero-order chi connectivity index (χ0) is 27.3. The number of aromatic nitrogens is 2. The number of likely N-dealkylation sites (tertiary alicyclic amines) is 1. The lowest BCUT2D eigenvalue weighted by molar-refractivity contribution is -0.144. The molecule has 2 aliphatic carbocycles. The highest BCUT2D eigenvalue weighted by Gasteiger charge is 2.69. The van der Waals surface area contributed by atoms with Crippen molar-refractivity contribution in [3.8, 4) is 6.07 Å². The molecule has 0 radical (unpaired) electrons. The van der Waals surface area contributed by atoms with Crippen molar-refractivity contribution in [2.75, 3.05) is 19.8 Å². The quantitative estimate of drug-likeness (QED) is 0.533. The molecule has 4 aliphatic rings. The van der Waals surface area contributed by atoms with Crippen molar-refractivity contribution in [1.82, 2.24) is 25.5 Å². The van der Waals surface area contributed by atoms with Crippen LogP contribution in [0.4, 0.5) is 0 Å². The summed E-state index contributed by atoms with van der Waals surface area (Å²) in [7, 11) is 0. The van der Waals surface area contributed by atoms with Gasteiger partial charge >= 0.3 is 0 Å². The lowest BCUT2D eigenvalue weighted by Crippen LogP contribution is -2.56. The van der Waals surface area contributed by atoms with Crippen LogP contribution in [0.15, 0.2) is 30.7 Å². The molecule has 39 heavy (non-hydrogen) atoms. The smallest absolute Gasteiger partial charge is 0.245 e. The normalized spacial score (nSPS) is 28.3. The molecule has 204 valence electrons. The van der Waals surface area contributed by atoms with Gasteiger partial charge in [0.2, 0.25) is 17.7 Å². The molecule has 6 rings (SSSR count). The summed E-state index contributed by atoms with van der Waals surface area (Å²) in [6.45, 7) is 5.62. The van der Waals surface area contributed by atoms with Gasteiger partial charge < -0.3 is 20.3 Å². The molecule has 2 N–H and O–H groups in total. The van der Waals surface area contributed by atoms with Crippen LogP contribution in [0, 0.1) is 40.4 Å². The van der Waals surface area contributed by atoms with Crippen LogP contribution in [-0.2, 0) is 19.1 Å². The van der Waals surface area contributed by atoms with E-state index in [4.69, 9.17) is 4.74 Å². The van der Waals surface area contributed by atoms with Gasteiger partial charge in [0.25, 0.3) is 0 Å². The highest BCUT2D eigenvalue weighted by molar-refractivity contribution is 5.94. The standard InChI is InChI=1S/C29H34N6O4/c1-29(2)20-14-35(28(38)21(10-16-5-6-16)33-26(36)18-7-9-39-15-18)25(23(20)29)27(37)34-22(11-30)19-13-31-12-17-4-3-8-32-24(17)19/h3-4,8,12-13,16,18,20-23,25H,5-7,9-10,14-15H2,1-2H3,(H,33,36)(H,34,37)/t18-,20-,21?,22?,23-,25-/m0/s1. The van der Waals surface area contributed by atoms with Gasteiger partial charge in [0.1, 0.15) is 18.1 Å². The van der Waals surface area contributed by atoms with Gasteiger partial charge in [0, 0.05) is 42.7 Å². The second-order valence-electron chi connectivity index (χ2n) is 12.1. The first-order valence-corrected chi connectivity index (χ1v) is 13.9. The predicted molar refractivity (Wildman–Crippen MR) is 140 cm³/mol. The third-order valence-corrected chi connectivity index (χ3v) is 9.21. The second kappa shape index (κ2) is 9.87. The molecule has 2 unspecified atom stereocenters. The number of hydrogen-bond donors (Lipinski definition) is 2. The van der Waals surface area contributed by atoms with Gasteiger partial charge in [-0.05, 0) is 48.1 Å². The van der Waals surface area contributed by atoms with Gasteiger partial charge in [-0.25, -0.2) is 0 Å². The van der Waals surface area contributed by atoms with Crippen molar-refractivity contribution in [2.24, 2.45) is 29.1 Å². The number of piperidine rings is 1. The summed E-state index contributed by atoms with van der Waals surface area (Å²) in [5, 5.41) is 16.7. The largest absolute Gasteiger partial charge is 0.381 e. The number of hydrogen-bond acceptors (Lipinski definition) is 7. The van der Waals surface area contributed by atoms with E-state index in [2.05, 4.69) is 40.5 Å². The van der Waals surface area contributed by atoms with Crippen molar-refractivity contribution in [1.29, 1.82) is 5.26 Å². The second-order valence-corrected chi connectivity index (χ2v) is 12.1. The molecule has 2 saturated carbocycles. The Morgan fingerprint density at radius 1 is 1.21 bits per heavy atom. The average molecular weight is 531 g/mol. The minimum Gasteiger partial charge on any atom is -0.381 e. The van der Waals surface area contributed by atoms with Gasteiger partial charge in [0.15, 0.2) is 0 Å². The summed E-state index contributed by atoms with van der Waals surface area (Å²) in [6.07, 6.45) is 8.19. The minimum absolute atomic E-state index is 0.00920. The number of carbonyl (C=O) groups excluding carboxylic acids is 3. The Labute approximate surface area is 227 Å². The Bertz CT molecular complexity index is 1340. The van der Waals surface area contributed by atoms with Gasteiger partial charge in [-0.3, -0.25) is 24.4 Å². The van der Waals surface area contributed by atoms with Crippen LogP contribution in [-0.4, -0.2) is 64.4 Å². The number of pyridine rings is 2. The lowest BCUT2D eigenvalue weighted by Gasteiger charge is -2.33. The Morgan fingerprint density at radius 3 is 2.74 bits per heavy atom. The number of fused-ring (bicyclic) bond motifs is 2. The molecule has 2 aromatic heterocycles. The summed E-state index contributed by atoms with van der Waals surface area (Å²) in [5.74, 6) is -0.374. The van der Waals surface area contributed by atoms with Gasteiger partial charge in [-0.15, -0.1) is 0 Å². The van der Waals surface area contributed by atoms with Crippen molar-refractivity contribution in [3.05, 3.63) is 36.3 Å². The number of carbonyl (C=O) groups is 3. The molecule has 0 aromatic carbocycles. The van der Waals surface area contributed by atoms with E-state index < -0.39 is 18.1 Å². The summed E-state index contributed by atoms with van der Waals surface area (Å²) >= 11 is 0. The van der Waals surface area contributed by atoms with E-state index in [-0.39, 0.29) is 40.9 Å². The Morgan fingerprint density at radius 2 is 2.03 bits per heavy atom. The van der Waals surface area contributed by atoms with Gasteiger partial charge in [-0.1, -0.05) is 26.7 Å². The highest BCUT2D eigenvalue weighted by atomic mass is 16.5. The monoisotopic (exact) mass is 530 g/mol. The summed E-state index contributed by atoms with van der Waals surface area (Å²) in [4.78, 5) is 51.0. The fraction of sp³-hybridized carbons (Fsp3) is 0.586. The SMILES string of the molecule is CC1(C)[C@@H]2[C@@H](C(=O)NC(C#N)c3cncc4cccnc34)N(C(=O)C(CC3CC3)NC(=O)[C@H]3CCOC3)C[C@@H]21. The minimum atomic E-state index is -0.967. The molecule has 2 aliphatic heterocycles. The number of ether oxygens (including phenoxy) is 1. The van der Waals surface area contributed by atoms with Crippen LogP contribution in [0.5, 0.6) is 0 Å². The Hall–Kier alpha value is -3.58. The van der Waals surface area contributed by atoms with E-state index in [0.29, 0.717) is 49.6 Å². The molecule has 10 nitrogen and oxygen atoms in total. The number of amides is 3. The van der Waals surface area contributed by atoms with Crippen molar-refractivity contribution >= 4 is 28.6 Å². The van der Waals surface area contributed by atoms with Crippen LogP contribution >= 0.6 is 0 Å². The zero-order valence-electron chi connectivity index (χ0n) is 22.3. The van der Waals surface area contributed by atoms with Crippen LogP contribution in [0.25, 0.3) is 10.9 Å². The molecule has 10 heteroatoms. The van der Waals surface area contributed by atoms with Crippen molar-refractivity contribution in [2.45, 2.75) is 57.7 Å². The summed E-state index contributed by atoms with van der Waals surface area (Å²) in [5.41, 5.74) is 1.04. The first-order chi connectivity index (χ1) is 18.8. The molecule has 4 fully saturated rings. The average Bonchev–Trinajstić information content (AvgIpc) is 3.63. The number of nitrogens with zero attached hydrogens (tertiary/aromatic N) is 4. The topological polar surface area (TPSA) is 137 Å². The third-order valence-electron chi connectivity index (χ3n) is 9.21. The molecule has 2 aromatic rings. The van der Waals surface area contributed by atoms with E-state index in [1.807, 2.05) is 6.07 Å². The fourth-order valence-corrected chi connectivity index (χ4v) is 6.59. The zero-order valence-corrected chi connectivity index (χ0v) is 22.3. The molecular weight excluding hydrogens is 496 g/mol. The predicted octanol–water partition coefficient (Wildman–Crippen LogP) is 2.12. The fourth-order valence-electron chi connectivity index (χ4n) is 6.59. The Kier molecular flexibility index (Phi) is 6.50. The van der Waals surface area contributed by atoms with Crippen LogP contribution in [0.3, 0.4) is 0 Å². The Balaban J connectivity index is 1.23. The van der Waals surface area contributed by atoms with Gasteiger partial charge in [0.05, 0.1) is 24.1 Å². The molecule has 0 bridgehead atoms. The lowest BCUT2D eigenvalue weighted by atomic mass is 9.98. The van der Waals surface area contributed by atoms with Crippen molar-refractivity contribution < 1.29 is 19.1 Å². The molecule has 3 amide bonds. The maximum Gasteiger partial charge on any atom is 0.245 e. The number of nitrogens with one attached hydrogen (secondary N) is 2. The maximum absolute atomic E-state index is 14.0. The number of rotatable bonds is 8. The molecule has 6 atom stereocenters. The summed E-state index contributed by atoms with van der Waals surface area (Å²) in [6, 6.07) is 3.49. The van der Waals surface area contributed by atoms with Crippen LogP contribution in [0.1, 0.15) is 51.1 Å². The van der Waals surface area contributed by atoms with E-state index in [1.54, 1.807) is 29.6 Å². The van der Waals surface area contributed by atoms with E-state index >= 15 is 0 Å². The molecule has 0 spiro atoms. The van der Waals surface area contributed by atoms with Gasteiger partial charge in [-0.2, -0.15) is 5.26 Å². The highest BCUT2D eigenvalue weighted by Crippen LogP contribution is 2.65. The first-order valence-electron chi connectivity index (χ1n) is 13.9. The molecule has 2 saturated heterocycles.